The smallest absolute Gasteiger partial charge is 0.276 e. The van der Waals surface area contributed by atoms with Gasteiger partial charge >= 0.3 is 0 Å². The molecular weight excluding hydrogens is 350 g/mol. The standard InChI is InChI=1S/C18H23N5O4/c1-11-16-20-14(17(24)19-5-8-26-2)10-22(16)6-7-23(11)18(25)13-9-15(27-21-13)12-3-4-12/h9-12H,3-8H2,1-2H3,(H,19,24)/t11-/m1/s1. The minimum absolute atomic E-state index is 0.168. The summed E-state index contributed by atoms with van der Waals surface area (Å²) < 4.78 is 12.2. The van der Waals surface area contributed by atoms with Crippen LogP contribution in [0.4, 0.5) is 0 Å². The third kappa shape index (κ3) is 3.46. The van der Waals surface area contributed by atoms with Crippen LogP contribution in [-0.2, 0) is 11.3 Å². The maximum atomic E-state index is 12.9. The Morgan fingerprint density at radius 2 is 2.15 bits per heavy atom. The number of amides is 2. The number of aromatic nitrogens is 3. The molecule has 2 aromatic heterocycles. The predicted molar refractivity (Wildman–Crippen MR) is 94.4 cm³/mol. The molecule has 1 saturated carbocycles. The van der Waals surface area contributed by atoms with E-state index in [4.69, 9.17) is 9.26 Å². The molecular formula is C18H23N5O4. The largest absolute Gasteiger partial charge is 0.383 e. The van der Waals surface area contributed by atoms with E-state index >= 15 is 0 Å². The van der Waals surface area contributed by atoms with Gasteiger partial charge in [-0.15, -0.1) is 0 Å². The summed E-state index contributed by atoms with van der Waals surface area (Å²) in [4.78, 5) is 31.3. The molecule has 1 fully saturated rings. The molecule has 3 heterocycles. The summed E-state index contributed by atoms with van der Waals surface area (Å²) >= 11 is 0. The van der Waals surface area contributed by atoms with Crippen molar-refractivity contribution in [1.82, 2.24) is 24.9 Å². The number of fused-ring (bicyclic) bond motifs is 1. The summed E-state index contributed by atoms with van der Waals surface area (Å²) in [5.74, 6) is 1.48. The van der Waals surface area contributed by atoms with Gasteiger partial charge in [0.2, 0.25) is 0 Å². The average Bonchev–Trinajstić information content (AvgIpc) is 3.22. The van der Waals surface area contributed by atoms with Gasteiger partial charge in [-0.05, 0) is 19.8 Å². The van der Waals surface area contributed by atoms with Crippen molar-refractivity contribution >= 4 is 11.8 Å². The van der Waals surface area contributed by atoms with E-state index < -0.39 is 0 Å². The Kier molecular flexibility index (Phi) is 4.69. The number of hydrogen-bond donors (Lipinski definition) is 1. The second kappa shape index (κ2) is 7.15. The van der Waals surface area contributed by atoms with Crippen molar-refractivity contribution in [3.8, 4) is 0 Å². The first-order valence-corrected chi connectivity index (χ1v) is 9.20. The summed E-state index contributed by atoms with van der Waals surface area (Å²) in [5.41, 5.74) is 0.681. The normalized spacial score (nSPS) is 19.0. The van der Waals surface area contributed by atoms with Gasteiger partial charge in [-0.2, -0.15) is 0 Å². The molecule has 144 valence electrons. The Labute approximate surface area is 156 Å². The van der Waals surface area contributed by atoms with E-state index in [9.17, 15) is 9.59 Å². The quantitative estimate of drug-likeness (QED) is 0.767. The third-order valence-corrected chi connectivity index (χ3v) is 5.04. The number of nitrogens with zero attached hydrogens (tertiary/aromatic N) is 4. The van der Waals surface area contributed by atoms with E-state index in [1.165, 1.54) is 0 Å². The van der Waals surface area contributed by atoms with Crippen molar-refractivity contribution in [3.05, 3.63) is 35.2 Å². The van der Waals surface area contributed by atoms with Crippen molar-refractivity contribution in [2.45, 2.75) is 38.3 Å². The summed E-state index contributed by atoms with van der Waals surface area (Å²) in [6.45, 7) is 3.88. The van der Waals surface area contributed by atoms with Crippen molar-refractivity contribution in [2.75, 3.05) is 26.8 Å². The van der Waals surface area contributed by atoms with Gasteiger partial charge in [-0.25, -0.2) is 4.98 Å². The zero-order chi connectivity index (χ0) is 19.0. The van der Waals surface area contributed by atoms with Crippen molar-refractivity contribution in [2.24, 2.45) is 0 Å². The van der Waals surface area contributed by atoms with E-state index in [1.807, 2.05) is 11.5 Å². The van der Waals surface area contributed by atoms with Gasteiger partial charge in [0.05, 0.1) is 12.6 Å². The molecule has 1 N–H and O–H groups in total. The number of carbonyl (C=O) groups is 2. The van der Waals surface area contributed by atoms with E-state index in [-0.39, 0.29) is 17.9 Å². The van der Waals surface area contributed by atoms with Gasteiger partial charge in [-0.3, -0.25) is 9.59 Å². The minimum atomic E-state index is -0.257. The van der Waals surface area contributed by atoms with Crippen LogP contribution >= 0.6 is 0 Å². The van der Waals surface area contributed by atoms with Crippen LogP contribution in [0.3, 0.4) is 0 Å². The highest BCUT2D eigenvalue weighted by molar-refractivity contribution is 5.93. The minimum Gasteiger partial charge on any atom is -0.383 e. The molecule has 0 spiro atoms. The molecule has 0 aromatic carbocycles. The van der Waals surface area contributed by atoms with Crippen molar-refractivity contribution in [3.63, 3.8) is 0 Å². The fourth-order valence-corrected chi connectivity index (χ4v) is 3.33. The summed E-state index contributed by atoms with van der Waals surface area (Å²) in [5, 5.41) is 6.71. The van der Waals surface area contributed by atoms with E-state index in [2.05, 4.69) is 15.5 Å². The molecule has 0 saturated heterocycles. The maximum absolute atomic E-state index is 12.9. The maximum Gasteiger partial charge on any atom is 0.276 e. The van der Waals surface area contributed by atoms with Gasteiger partial charge in [0.15, 0.2) is 5.69 Å². The Balaban J connectivity index is 1.47. The molecule has 2 amide bonds. The second-order valence-electron chi connectivity index (χ2n) is 6.99. The predicted octanol–water partition coefficient (Wildman–Crippen LogP) is 1.34. The first kappa shape index (κ1) is 17.7. The number of carbonyl (C=O) groups excluding carboxylic acids is 2. The van der Waals surface area contributed by atoms with Gasteiger partial charge < -0.3 is 24.0 Å². The van der Waals surface area contributed by atoms with E-state index in [1.54, 1.807) is 24.3 Å². The van der Waals surface area contributed by atoms with E-state index in [0.29, 0.717) is 49.4 Å². The highest BCUT2D eigenvalue weighted by atomic mass is 16.5. The topological polar surface area (TPSA) is 102 Å². The Morgan fingerprint density at radius 1 is 1.33 bits per heavy atom. The molecule has 2 aliphatic rings. The highest BCUT2D eigenvalue weighted by Gasteiger charge is 2.34. The van der Waals surface area contributed by atoms with Crippen LogP contribution in [0.2, 0.25) is 0 Å². The van der Waals surface area contributed by atoms with Crippen LogP contribution in [0.1, 0.15) is 64.3 Å². The molecule has 9 nitrogen and oxygen atoms in total. The fourth-order valence-electron chi connectivity index (χ4n) is 3.33. The highest BCUT2D eigenvalue weighted by Crippen LogP contribution is 2.40. The number of rotatable bonds is 6. The SMILES string of the molecule is COCCNC(=O)c1cn2c(n1)[C@@H](C)N(C(=O)c1cc(C3CC3)on1)CC2. The van der Waals surface area contributed by atoms with Crippen LogP contribution in [-0.4, -0.2) is 58.2 Å². The number of hydrogen-bond acceptors (Lipinski definition) is 6. The van der Waals surface area contributed by atoms with Crippen LogP contribution in [0.15, 0.2) is 16.8 Å². The lowest BCUT2D eigenvalue weighted by Crippen LogP contribution is -2.41. The van der Waals surface area contributed by atoms with Gasteiger partial charge in [0.1, 0.15) is 17.3 Å². The number of nitrogens with one attached hydrogen (secondary N) is 1. The second-order valence-corrected chi connectivity index (χ2v) is 6.99. The molecule has 4 rings (SSSR count). The first-order chi connectivity index (χ1) is 13.1. The third-order valence-electron chi connectivity index (χ3n) is 5.04. The number of methoxy groups -OCH3 is 1. The number of ether oxygens (including phenoxy) is 1. The lowest BCUT2D eigenvalue weighted by molar-refractivity contribution is 0.0627. The van der Waals surface area contributed by atoms with E-state index in [0.717, 1.165) is 18.6 Å². The molecule has 27 heavy (non-hydrogen) atoms. The van der Waals surface area contributed by atoms with Gasteiger partial charge in [0.25, 0.3) is 11.8 Å². The summed E-state index contributed by atoms with van der Waals surface area (Å²) in [6, 6.07) is 1.50. The Bertz CT molecular complexity index is 854. The zero-order valence-electron chi connectivity index (χ0n) is 15.5. The molecule has 1 aliphatic heterocycles. The van der Waals surface area contributed by atoms with Crippen molar-refractivity contribution in [1.29, 1.82) is 0 Å². The summed E-state index contributed by atoms with van der Waals surface area (Å²) in [6.07, 6.45) is 3.92. The van der Waals surface area contributed by atoms with Gasteiger partial charge in [0, 0.05) is 44.9 Å². The molecule has 1 aliphatic carbocycles. The molecule has 0 bridgehead atoms. The lowest BCUT2D eigenvalue weighted by Gasteiger charge is -2.33. The zero-order valence-corrected chi connectivity index (χ0v) is 15.5. The van der Waals surface area contributed by atoms with Crippen molar-refractivity contribution < 1.29 is 18.8 Å². The fraction of sp³-hybridized carbons (Fsp3) is 0.556. The van der Waals surface area contributed by atoms with Crippen LogP contribution < -0.4 is 5.32 Å². The summed E-state index contributed by atoms with van der Waals surface area (Å²) in [7, 11) is 1.58. The number of imidazole rings is 1. The molecule has 2 aromatic rings. The molecule has 9 heteroatoms. The lowest BCUT2D eigenvalue weighted by atomic mass is 10.2. The molecule has 1 atom stereocenters. The average molecular weight is 373 g/mol. The Hall–Kier alpha value is -2.68. The van der Waals surface area contributed by atoms with Crippen LogP contribution in [0, 0.1) is 0 Å². The first-order valence-electron chi connectivity index (χ1n) is 9.20. The van der Waals surface area contributed by atoms with Gasteiger partial charge in [-0.1, -0.05) is 5.16 Å². The molecule has 0 unspecified atom stereocenters. The monoisotopic (exact) mass is 373 g/mol. The molecule has 0 radical (unpaired) electrons. The van der Waals surface area contributed by atoms with Crippen LogP contribution in [0.5, 0.6) is 0 Å². The Morgan fingerprint density at radius 3 is 2.89 bits per heavy atom. The van der Waals surface area contributed by atoms with Crippen LogP contribution in [0.25, 0.3) is 0 Å².